The van der Waals surface area contributed by atoms with Crippen LogP contribution in [0.3, 0.4) is 0 Å². The van der Waals surface area contributed by atoms with Gasteiger partial charge < -0.3 is 18.8 Å². The number of hydrogen-bond donors (Lipinski definition) is 0. The van der Waals surface area contributed by atoms with Gasteiger partial charge in [-0.2, -0.15) is 4.99 Å². The van der Waals surface area contributed by atoms with Gasteiger partial charge in [0.1, 0.15) is 18.0 Å². The van der Waals surface area contributed by atoms with Crippen molar-refractivity contribution in [3.8, 4) is 11.5 Å². The Labute approximate surface area is 182 Å². The molecule has 1 aromatic heterocycles. The van der Waals surface area contributed by atoms with Crippen molar-refractivity contribution in [1.29, 1.82) is 0 Å². The van der Waals surface area contributed by atoms with Crippen LogP contribution in [-0.4, -0.2) is 51.9 Å². The smallest absolute Gasteiger partial charge is 0.325 e. The Morgan fingerprint density at radius 1 is 1.06 bits per heavy atom. The summed E-state index contributed by atoms with van der Waals surface area (Å²) < 4.78 is 41.0. The van der Waals surface area contributed by atoms with Gasteiger partial charge in [-0.3, -0.25) is 9.59 Å². The average molecular weight is 465 g/mol. The van der Waals surface area contributed by atoms with Gasteiger partial charge in [-0.05, 0) is 42.5 Å². The van der Waals surface area contributed by atoms with Crippen LogP contribution < -0.4 is 14.3 Å². The summed E-state index contributed by atoms with van der Waals surface area (Å²) in [6.45, 7) is -0.493. The molecule has 2 aromatic carbocycles. The zero-order valence-electron chi connectivity index (χ0n) is 17.0. The fourth-order valence-electron chi connectivity index (χ4n) is 2.67. The second-order valence-electron chi connectivity index (χ2n) is 6.42. The van der Waals surface area contributed by atoms with Crippen molar-refractivity contribution in [1.82, 2.24) is 4.57 Å². The second kappa shape index (κ2) is 9.31. The lowest BCUT2D eigenvalue weighted by atomic mass is 10.3. The first-order valence-corrected chi connectivity index (χ1v) is 11.7. The molecule has 1 amide bonds. The quantitative estimate of drug-likeness (QED) is 0.490. The molecule has 0 aliphatic carbocycles. The van der Waals surface area contributed by atoms with E-state index in [4.69, 9.17) is 14.2 Å². The minimum absolute atomic E-state index is 0.132. The van der Waals surface area contributed by atoms with Crippen molar-refractivity contribution in [2.45, 2.75) is 11.4 Å². The molecule has 0 radical (unpaired) electrons. The highest BCUT2D eigenvalue weighted by Crippen LogP contribution is 2.22. The lowest BCUT2D eigenvalue weighted by Gasteiger charge is -2.05. The van der Waals surface area contributed by atoms with E-state index in [1.54, 1.807) is 37.4 Å². The number of benzene rings is 2. The van der Waals surface area contributed by atoms with E-state index in [0.717, 1.165) is 17.6 Å². The van der Waals surface area contributed by atoms with Crippen molar-refractivity contribution in [3.05, 3.63) is 47.3 Å². The number of amides is 1. The fourth-order valence-corrected chi connectivity index (χ4v) is 4.48. The number of fused-ring (bicyclic) bond motifs is 1. The molecule has 0 saturated heterocycles. The van der Waals surface area contributed by atoms with Crippen LogP contribution in [0.25, 0.3) is 10.2 Å². The summed E-state index contributed by atoms with van der Waals surface area (Å²) in [7, 11) is -0.612. The van der Waals surface area contributed by atoms with E-state index in [-0.39, 0.29) is 22.8 Å². The summed E-state index contributed by atoms with van der Waals surface area (Å²) in [5.74, 6) is 0.0338. The van der Waals surface area contributed by atoms with Gasteiger partial charge in [0.2, 0.25) is 0 Å². The Hall–Kier alpha value is -3.18. The predicted octanol–water partition coefficient (Wildman–Crippen LogP) is 1.79. The maximum absolute atomic E-state index is 12.4. The van der Waals surface area contributed by atoms with Crippen LogP contribution in [0.4, 0.5) is 0 Å². The van der Waals surface area contributed by atoms with Gasteiger partial charge in [0.05, 0.1) is 29.3 Å². The Bertz CT molecular complexity index is 1290. The van der Waals surface area contributed by atoms with Crippen molar-refractivity contribution >= 4 is 43.3 Å². The van der Waals surface area contributed by atoms with Gasteiger partial charge in [0.15, 0.2) is 21.2 Å². The molecule has 0 bridgehead atoms. The highest BCUT2D eigenvalue weighted by atomic mass is 32.2. The predicted molar refractivity (Wildman–Crippen MR) is 114 cm³/mol. The molecule has 0 spiro atoms. The first-order valence-electron chi connectivity index (χ1n) is 8.96. The summed E-state index contributed by atoms with van der Waals surface area (Å²) in [4.78, 5) is 28.7. The molecule has 0 aliphatic heterocycles. The van der Waals surface area contributed by atoms with E-state index in [2.05, 4.69) is 4.99 Å². The van der Waals surface area contributed by atoms with Gasteiger partial charge in [0.25, 0.3) is 5.91 Å². The zero-order valence-corrected chi connectivity index (χ0v) is 18.7. The topological polar surface area (TPSA) is 113 Å². The Kier molecular flexibility index (Phi) is 6.76. The number of methoxy groups -OCH3 is 2. The number of esters is 1. The molecule has 0 fully saturated rings. The van der Waals surface area contributed by atoms with Crippen LogP contribution >= 0.6 is 11.3 Å². The van der Waals surface area contributed by atoms with Gasteiger partial charge in [0, 0.05) is 6.26 Å². The molecule has 0 aliphatic rings. The van der Waals surface area contributed by atoms with Crippen LogP contribution in [-0.2, 0) is 30.7 Å². The maximum Gasteiger partial charge on any atom is 0.325 e. The number of carbonyl (C=O) groups is 2. The van der Waals surface area contributed by atoms with Gasteiger partial charge in [-0.15, -0.1) is 0 Å². The standard InChI is InChI=1S/C20H20N2O7S2/c1-27-13-4-6-14(7-5-13)29-12-18(23)21-20-22(11-19(24)28-2)16-9-8-15(31(3,25)26)10-17(16)30-20/h4-10H,11-12H2,1-3H3. The Morgan fingerprint density at radius 3 is 2.35 bits per heavy atom. The highest BCUT2D eigenvalue weighted by Gasteiger charge is 2.15. The molecule has 1 heterocycles. The number of ether oxygens (including phenoxy) is 3. The maximum atomic E-state index is 12.4. The fraction of sp³-hybridized carbons (Fsp3) is 0.250. The summed E-state index contributed by atoms with van der Waals surface area (Å²) in [6.07, 6.45) is 1.11. The molecule has 164 valence electrons. The minimum atomic E-state index is -3.41. The number of sulfone groups is 1. The molecule has 31 heavy (non-hydrogen) atoms. The molecule has 3 aromatic rings. The van der Waals surface area contributed by atoms with Crippen LogP contribution in [0.5, 0.6) is 11.5 Å². The number of hydrogen-bond acceptors (Lipinski definition) is 8. The monoisotopic (exact) mass is 464 g/mol. The van der Waals surface area contributed by atoms with E-state index in [9.17, 15) is 18.0 Å². The molecule has 0 unspecified atom stereocenters. The number of nitrogens with zero attached hydrogens (tertiary/aromatic N) is 2. The largest absolute Gasteiger partial charge is 0.497 e. The average Bonchev–Trinajstić information content (AvgIpc) is 3.07. The van der Waals surface area contributed by atoms with Crippen LogP contribution in [0.2, 0.25) is 0 Å². The van der Waals surface area contributed by atoms with Crippen LogP contribution in [0.1, 0.15) is 0 Å². The number of thiazole rings is 1. The number of rotatable bonds is 7. The third-order valence-electron chi connectivity index (χ3n) is 4.24. The lowest BCUT2D eigenvalue weighted by Crippen LogP contribution is -2.23. The summed E-state index contributed by atoms with van der Waals surface area (Å²) in [5.41, 5.74) is 0.561. The molecular weight excluding hydrogens is 444 g/mol. The van der Waals surface area contributed by atoms with E-state index in [1.165, 1.54) is 23.8 Å². The molecule has 9 nitrogen and oxygen atoms in total. The van der Waals surface area contributed by atoms with Crippen molar-refractivity contribution in [2.24, 2.45) is 4.99 Å². The molecule has 0 atom stereocenters. The first kappa shape index (κ1) is 22.5. The summed E-state index contributed by atoms with van der Waals surface area (Å²) in [6, 6.07) is 11.2. The molecule has 0 N–H and O–H groups in total. The SMILES string of the molecule is COC(=O)Cn1c(=NC(=O)COc2ccc(OC)cc2)sc2cc(S(C)(=O)=O)ccc21. The van der Waals surface area contributed by atoms with Crippen LogP contribution in [0, 0.1) is 0 Å². The zero-order chi connectivity index (χ0) is 22.6. The van der Waals surface area contributed by atoms with Crippen LogP contribution in [0.15, 0.2) is 52.4 Å². The molecule has 11 heteroatoms. The Balaban J connectivity index is 1.93. The number of aromatic nitrogens is 1. The molecular formula is C20H20N2O7S2. The van der Waals surface area contributed by atoms with E-state index in [1.807, 2.05) is 0 Å². The minimum Gasteiger partial charge on any atom is -0.497 e. The van der Waals surface area contributed by atoms with Crippen molar-refractivity contribution < 1.29 is 32.2 Å². The van der Waals surface area contributed by atoms with Gasteiger partial charge in [-0.25, -0.2) is 8.42 Å². The highest BCUT2D eigenvalue weighted by molar-refractivity contribution is 7.90. The van der Waals surface area contributed by atoms with E-state index in [0.29, 0.717) is 21.7 Å². The first-order chi connectivity index (χ1) is 14.7. The van der Waals surface area contributed by atoms with Crippen molar-refractivity contribution in [3.63, 3.8) is 0 Å². The van der Waals surface area contributed by atoms with E-state index < -0.39 is 21.7 Å². The van der Waals surface area contributed by atoms with E-state index >= 15 is 0 Å². The van der Waals surface area contributed by atoms with Gasteiger partial charge in [-0.1, -0.05) is 11.3 Å². The van der Waals surface area contributed by atoms with Crippen molar-refractivity contribution in [2.75, 3.05) is 27.1 Å². The summed E-state index contributed by atoms with van der Waals surface area (Å²) in [5, 5.41) is 0. The number of carbonyl (C=O) groups excluding carboxylic acids is 2. The normalized spacial score (nSPS) is 12.0. The summed E-state index contributed by atoms with van der Waals surface area (Å²) >= 11 is 1.09. The van der Waals surface area contributed by atoms with Gasteiger partial charge >= 0.3 is 5.97 Å². The Morgan fingerprint density at radius 2 is 1.74 bits per heavy atom. The molecule has 3 rings (SSSR count). The third kappa shape index (κ3) is 5.50. The second-order valence-corrected chi connectivity index (χ2v) is 9.44. The molecule has 0 saturated carbocycles. The third-order valence-corrected chi connectivity index (χ3v) is 6.39. The lowest BCUT2D eigenvalue weighted by molar-refractivity contribution is -0.141.